The van der Waals surface area contributed by atoms with Gasteiger partial charge in [-0.15, -0.1) is 0 Å². The van der Waals surface area contributed by atoms with E-state index in [2.05, 4.69) is 6.58 Å². The van der Waals surface area contributed by atoms with Gasteiger partial charge in [-0.3, -0.25) is 0 Å². The van der Waals surface area contributed by atoms with E-state index in [1.165, 1.54) is 7.11 Å². The monoisotopic (exact) mass is 250 g/mol. The van der Waals surface area contributed by atoms with Crippen molar-refractivity contribution in [1.29, 1.82) is 0 Å². The molecule has 1 heterocycles. The maximum atomic E-state index is 10.8. The van der Waals surface area contributed by atoms with E-state index in [1.807, 2.05) is 18.2 Å². The molecule has 1 aliphatic rings. The molecule has 5 heteroatoms. The van der Waals surface area contributed by atoms with Gasteiger partial charge in [0.05, 0.1) is 6.10 Å². The first-order chi connectivity index (χ1) is 8.61. The van der Waals surface area contributed by atoms with Crippen LogP contribution in [0.4, 0.5) is 0 Å². The van der Waals surface area contributed by atoms with Gasteiger partial charge in [-0.2, -0.15) is 0 Å². The zero-order valence-electron chi connectivity index (χ0n) is 9.96. The number of para-hydroxylation sites is 1. The van der Waals surface area contributed by atoms with Crippen LogP contribution in [0, 0.1) is 0 Å². The molecule has 2 rings (SSSR count). The van der Waals surface area contributed by atoms with Gasteiger partial charge in [0, 0.05) is 24.7 Å². The van der Waals surface area contributed by atoms with Crippen LogP contribution in [0.1, 0.15) is 18.1 Å². The predicted molar refractivity (Wildman–Crippen MR) is 63.1 cm³/mol. The quantitative estimate of drug-likeness (QED) is 0.829. The number of aliphatic carboxylic acids is 1. The Balaban J connectivity index is 2.24. The summed E-state index contributed by atoms with van der Waals surface area (Å²) in [7, 11) is 1.46. The Labute approximate surface area is 105 Å². The van der Waals surface area contributed by atoms with Crippen molar-refractivity contribution in [2.24, 2.45) is 0 Å². The van der Waals surface area contributed by atoms with Gasteiger partial charge in [0.25, 0.3) is 0 Å². The smallest absolute Gasteiger partial charge is 0.331 e. The van der Waals surface area contributed by atoms with Crippen molar-refractivity contribution >= 4 is 5.97 Å². The molecular weight excluding hydrogens is 236 g/mol. The van der Waals surface area contributed by atoms with E-state index in [1.54, 1.807) is 6.07 Å². The second-order valence-corrected chi connectivity index (χ2v) is 3.92. The molecule has 5 nitrogen and oxygen atoms in total. The molecule has 2 atom stereocenters. The highest BCUT2D eigenvalue weighted by atomic mass is 16.8. The lowest BCUT2D eigenvalue weighted by molar-refractivity contribution is -0.269. The Morgan fingerprint density at radius 3 is 2.89 bits per heavy atom. The molecule has 0 saturated carbocycles. The first-order valence-electron chi connectivity index (χ1n) is 5.46. The van der Waals surface area contributed by atoms with Crippen molar-refractivity contribution in [3.8, 4) is 5.75 Å². The molecule has 1 aromatic carbocycles. The van der Waals surface area contributed by atoms with Crippen LogP contribution in [0.15, 0.2) is 36.4 Å². The molecule has 0 amide bonds. The Morgan fingerprint density at radius 2 is 2.22 bits per heavy atom. The summed E-state index contributed by atoms with van der Waals surface area (Å²) < 4.78 is 15.9. The molecule has 2 unspecified atom stereocenters. The van der Waals surface area contributed by atoms with E-state index in [-0.39, 0.29) is 12.0 Å². The molecule has 0 aromatic heterocycles. The van der Waals surface area contributed by atoms with Crippen molar-refractivity contribution in [3.05, 3.63) is 42.0 Å². The van der Waals surface area contributed by atoms with Crippen LogP contribution >= 0.6 is 0 Å². The number of benzene rings is 1. The van der Waals surface area contributed by atoms with E-state index >= 15 is 0 Å². The standard InChI is InChI=1S/C13H14O5/c1-8(12(14)15)7-11-9-5-3-4-6-10(9)17-13(16-2)18-11/h3-6,11,13H,1,7H2,2H3,(H,14,15). The van der Waals surface area contributed by atoms with Crippen molar-refractivity contribution in [2.45, 2.75) is 19.0 Å². The lowest BCUT2D eigenvalue weighted by Gasteiger charge is -2.31. The minimum Gasteiger partial charge on any atom is -0.478 e. The first-order valence-corrected chi connectivity index (χ1v) is 5.46. The number of hydrogen-bond acceptors (Lipinski definition) is 4. The molecule has 18 heavy (non-hydrogen) atoms. The number of carboxylic acid groups (broad SMARTS) is 1. The number of methoxy groups -OCH3 is 1. The summed E-state index contributed by atoms with van der Waals surface area (Å²) in [4.78, 5) is 10.8. The van der Waals surface area contributed by atoms with Crippen LogP contribution < -0.4 is 4.74 Å². The van der Waals surface area contributed by atoms with E-state index in [4.69, 9.17) is 19.3 Å². The van der Waals surface area contributed by atoms with Gasteiger partial charge >= 0.3 is 12.4 Å². The summed E-state index contributed by atoms with van der Waals surface area (Å²) in [6, 6.07) is 7.30. The highest BCUT2D eigenvalue weighted by Gasteiger charge is 2.29. The number of rotatable bonds is 4. The predicted octanol–water partition coefficient (Wildman–Crippen LogP) is 2.10. The van der Waals surface area contributed by atoms with Gasteiger partial charge in [0.15, 0.2) is 0 Å². The normalized spacial score (nSPS) is 21.8. The van der Waals surface area contributed by atoms with E-state index in [0.29, 0.717) is 5.75 Å². The van der Waals surface area contributed by atoms with Gasteiger partial charge in [0.2, 0.25) is 0 Å². The SMILES string of the molecule is C=C(CC1OC(OC)Oc2ccccc21)C(=O)O. The Bertz CT molecular complexity index is 468. The number of fused-ring (bicyclic) bond motifs is 1. The summed E-state index contributed by atoms with van der Waals surface area (Å²) in [5.41, 5.74) is 0.889. The molecule has 1 N–H and O–H groups in total. The maximum Gasteiger partial charge on any atom is 0.331 e. The molecule has 0 saturated heterocycles. The third-order valence-electron chi connectivity index (χ3n) is 2.69. The molecule has 0 spiro atoms. The van der Waals surface area contributed by atoms with Crippen molar-refractivity contribution in [1.82, 2.24) is 0 Å². The van der Waals surface area contributed by atoms with Crippen molar-refractivity contribution in [2.75, 3.05) is 7.11 Å². The average Bonchev–Trinajstić information content (AvgIpc) is 2.38. The number of carboxylic acids is 1. The van der Waals surface area contributed by atoms with Crippen molar-refractivity contribution in [3.63, 3.8) is 0 Å². The third-order valence-corrected chi connectivity index (χ3v) is 2.69. The lowest BCUT2D eigenvalue weighted by Crippen LogP contribution is -2.30. The topological polar surface area (TPSA) is 65.0 Å². The highest BCUT2D eigenvalue weighted by molar-refractivity contribution is 5.85. The second kappa shape index (κ2) is 5.20. The van der Waals surface area contributed by atoms with Gasteiger partial charge in [0.1, 0.15) is 5.75 Å². The molecule has 0 fully saturated rings. The molecular formula is C13H14O5. The van der Waals surface area contributed by atoms with E-state index in [9.17, 15) is 4.79 Å². The molecule has 0 aliphatic carbocycles. The minimum absolute atomic E-state index is 0.0894. The van der Waals surface area contributed by atoms with Crippen LogP contribution in [0.2, 0.25) is 0 Å². The Hall–Kier alpha value is -1.85. The zero-order valence-corrected chi connectivity index (χ0v) is 9.96. The van der Waals surface area contributed by atoms with Crippen LogP contribution in [-0.2, 0) is 14.3 Å². The summed E-state index contributed by atoms with van der Waals surface area (Å²) in [5.74, 6) is -0.393. The summed E-state index contributed by atoms with van der Waals surface area (Å²) in [6.45, 7) is 2.68. The fourth-order valence-electron chi connectivity index (χ4n) is 1.77. The van der Waals surface area contributed by atoms with Crippen molar-refractivity contribution < 1.29 is 24.1 Å². The molecule has 1 aliphatic heterocycles. The van der Waals surface area contributed by atoms with Gasteiger partial charge < -0.3 is 19.3 Å². The number of ether oxygens (including phenoxy) is 3. The summed E-state index contributed by atoms with van der Waals surface area (Å²) >= 11 is 0. The fourth-order valence-corrected chi connectivity index (χ4v) is 1.77. The van der Waals surface area contributed by atoms with Crippen LogP contribution in [-0.4, -0.2) is 24.7 Å². The van der Waals surface area contributed by atoms with Gasteiger partial charge in [-0.25, -0.2) is 4.79 Å². The van der Waals surface area contributed by atoms with E-state index in [0.717, 1.165) is 5.56 Å². The maximum absolute atomic E-state index is 10.8. The highest BCUT2D eigenvalue weighted by Crippen LogP contribution is 2.37. The molecule has 0 bridgehead atoms. The summed E-state index contributed by atoms with van der Waals surface area (Å²) in [6.07, 6.45) is -0.237. The molecule has 1 aromatic rings. The van der Waals surface area contributed by atoms with E-state index < -0.39 is 18.5 Å². The molecule has 96 valence electrons. The first kappa shape index (κ1) is 12.6. The van der Waals surface area contributed by atoms with Crippen LogP contribution in [0.25, 0.3) is 0 Å². The zero-order chi connectivity index (χ0) is 13.1. The number of hydrogen-bond donors (Lipinski definition) is 1. The van der Waals surface area contributed by atoms with Crippen LogP contribution in [0.5, 0.6) is 5.75 Å². The second-order valence-electron chi connectivity index (χ2n) is 3.92. The van der Waals surface area contributed by atoms with Crippen LogP contribution in [0.3, 0.4) is 0 Å². The van der Waals surface area contributed by atoms with Gasteiger partial charge in [-0.1, -0.05) is 24.8 Å². The number of carbonyl (C=O) groups is 1. The lowest BCUT2D eigenvalue weighted by atomic mass is 10.0. The Kier molecular flexibility index (Phi) is 3.64. The largest absolute Gasteiger partial charge is 0.478 e. The fraction of sp³-hybridized carbons (Fsp3) is 0.308. The van der Waals surface area contributed by atoms with Gasteiger partial charge in [-0.05, 0) is 6.07 Å². The minimum atomic E-state index is -1.03. The molecule has 0 radical (unpaired) electrons. The third kappa shape index (κ3) is 2.52. The Morgan fingerprint density at radius 1 is 1.50 bits per heavy atom. The average molecular weight is 250 g/mol. The summed E-state index contributed by atoms with van der Waals surface area (Å²) in [5, 5.41) is 8.87.